The first-order valence-corrected chi connectivity index (χ1v) is 16.5. The molecule has 2 atom stereocenters. The lowest BCUT2D eigenvalue weighted by Gasteiger charge is -2.52. The van der Waals surface area contributed by atoms with E-state index in [-0.39, 0.29) is 20.6 Å². The lowest BCUT2D eigenvalue weighted by atomic mass is 9.92. The Hall–Kier alpha value is 1.22. The summed E-state index contributed by atoms with van der Waals surface area (Å²) in [6, 6.07) is 0.843. The van der Waals surface area contributed by atoms with E-state index in [1.54, 1.807) is 0 Å². The molecule has 0 radical (unpaired) electrons. The lowest BCUT2D eigenvalue weighted by molar-refractivity contribution is 0.342. The first kappa shape index (κ1) is 27.3. The van der Waals surface area contributed by atoms with Crippen molar-refractivity contribution in [2.45, 2.75) is 141 Å². The van der Waals surface area contributed by atoms with Crippen molar-refractivity contribution in [3.8, 4) is 0 Å². The molecular weight excluding hydrogens is 418 g/mol. The third kappa shape index (κ3) is 5.52. The molecule has 28 heavy (non-hydrogen) atoms. The Morgan fingerprint density at radius 3 is 0.929 bits per heavy atom. The summed E-state index contributed by atoms with van der Waals surface area (Å²) in [5, 5.41) is 8.62. The van der Waals surface area contributed by atoms with Gasteiger partial charge in [0.1, 0.15) is 0 Å². The fourth-order valence-electron chi connectivity index (χ4n) is 4.69. The van der Waals surface area contributed by atoms with Gasteiger partial charge in [0.05, 0.1) is 0 Å². The van der Waals surface area contributed by atoms with E-state index < -0.39 is 12.4 Å². The molecule has 0 bridgehead atoms. The summed E-state index contributed by atoms with van der Waals surface area (Å²) < 4.78 is 0. The molecule has 1 aliphatic carbocycles. The maximum atomic E-state index is 6.45. The molecule has 1 fully saturated rings. The standard InChI is InChI=1S/C22H48N2P2S2/c1-19(2,3)25(27,20(4,5)6)23-17-15-13-14-16-18(17)24-26(28,21(7,8)9)22(10,11)12/h17-18H,13-16H2,1-12H3,(H,23,27)(H,24,28)/t17-,18-/m1/s1. The third-order valence-electron chi connectivity index (χ3n) is 6.24. The summed E-state index contributed by atoms with van der Waals surface area (Å²) in [6.45, 7) is 27.9. The van der Waals surface area contributed by atoms with Gasteiger partial charge in [0.2, 0.25) is 0 Å². The molecule has 0 saturated heterocycles. The molecule has 0 aromatic heterocycles. The summed E-state index contributed by atoms with van der Waals surface area (Å²) in [4.78, 5) is 0. The summed E-state index contributed by atoms with van der Waals surface area (Å²) >= 11 is 12.9. The molecule has 0 aromatic carbocycles. The fraction of sp³-hybridized carbons (Fsp3) is 1.00. The number of hydrogen-bond donors (Lipinski definition) is 2. The van der Waals surface area contributed by atoms with E-state index in [2.05, 4.69) is 93.3 Å². The second-order valence-corrected chi connectivity index (χ2v) is 24.3. The zero-order valence-corrected chi connectivity index (χ0v) is 24.1. The van der Waals surface area contributed by atoms with Gasteiger partial charge in [-0.25, -0.2) is 0 Å². The van der Waals surface area contributed by atoms with E-state index in [0.29, 0.717) is 12.1 Å². The molecule has 168 valence electrons. The van der Waals surface area contributed by atoms with Crippen LogP contribution in [0.25, 0.3) is 0 Å². The van der Waals surface area contributed by atoms with E-state index in [1.807, 2.05) is 0 Å². The molecule has 2 N–H and O–H groups in total. The van der Waals surface area contributed by atoms with Crippen LogP contribution in [0.1, 0.15) is 109 Å². The van der Waals surface area contributed by atoms with Crippen LogP contribution in [-0.4, -0.2) is 32.7 Å². The molecule has 0 amide bonds. The van der Waals surface area contributed by atoms with Crippen LogP contribution in [0.3, 0.4) is 0 Å². The van der Waals surface area contributed by atoms with Gasteiger partial charge < -0.3 is 0 Å². The number of hydrogen-bond acceptors (Lipinski definition) is 2. The predicted molar refractivity (Wildman–Crippen MR) is 140 cm³/mol. The minimum Gasteiger partial charge on any atom is -0.283 e. The lowest BCUT2D eigenvalue weighted by Crippen LogP contribution is -2.53. The molecule has 1 aliphatic rings. The van der Waals surface area contributed by atoms with Crippen molar-refractivity contribution in [1.29, 1.82) is 0 Å². The van der Waals surface area contributed by atoms with Crippen LogP contribution < -0.4 is 10.2 Å². The van der Waals surface area contributed by atoms with Gasteiger partial charge in [0.15, 0.2) is 0 Å². The van der Waals surface area contributed by atoms with Gasteiger partial charge in [0, 0.05) is 45.1 Å². The van der Waals surface area contributed by atoms with Crippen molar-refractivity contribution < 1.29 is 0 Å². The minimum atomic E-state index is -1.82. The van der Waals surface area contributed by atoms with Crippen molar-refractivity contribution in [2.75, 3.05) is 0 Å². The van der Waals surface area contributed by atoms with Crippen molar-refractivity contribution in [2.24, 2.45) is 0 Å². The van der Waals surface area contributed by atoms with Gasteiger partial charge in [-0.3, -0.25) is 10.2 Å². The highest BCUT2D eigenvalue weighted by atomic mass is 32.4. The molecular formula is C22H48N2P2S2. The summed E-state index contributed by atoms with van der Waals surface area (Å²) in [5.74, 6) is 0. The first-order valence-electron chi connectivity index (χ1n) is 10.9. The Morgan fingerprint density at radius 1 is 0.536 bits per heavy atom. The van der Waals surface area contributed by atoms with Crippen molar-refractivity contribution >= 4 is 36.0 Å². The molecule has 0 spiro atoms. The molecule has 1 rings (SSSR count). The normalized spacial score (nSPS) is 23.7. The maximum absolute atomic E-state index is 6.45. The Balaban J connectivity index is 3.30. The number of rotatable bonds is 4. The highest BCUT2D eigenvalue weighted by Gasteiger charge is 2.47. The Kier molecular flexibility index (Phi) is 8.40. The highest BCUT2D eigenvalue weighted by Crippen LogP contribution is 2.66. The van der Waals surface area contributed by atoms with E-state index in [4.69, 9.17) is 23.6 Å². The zero-order valence-electron chi connectivity index (χ0n) is 20.7. The van der Waals surface area contributed by atoms with E-state index in [0.717, 1.165) is 0 Å². The van der Waals surface area contributed by atoms with Crippen LogP contribution in [-0.2, 0) is 23.6 Å². The average molecular weight is 467 g/mol. The third-order valence-corrected chi connectivity index (χ3v) is 22.4. The van der Waals surface area contributed by atoms with Crippen LogP contribution in [0.2, 0.25) is 0 Å². The monoisotopic (exact) mass is 466 g/mol. The van der Waals surface area contributed by atoms with Crippen molar-refractivity contribution in [3.05, 3.63) is 0 Å². The van der Waals surface area contributed by atoms with Gasteiger partial charge in [-0.2, -0.15) is 0 Å². The minimum absolute atomic E-state index is 0.0941. The van der Waals surface area contributed by atoms with Gasteiger partial charge in [-0.15, -0.1) is 0 Å². The van der Waals surface area contributed by atoms with E-state index in [9.17, 15) is 0 Å². The first-order chi connectivity index (χ1) is 12.2. The Labute approximate surface area is 187 Å². The largest absolute Gasteiger partial charge is 0.283 e. The zero-order chi connectivity index (χ0) is 22.4. The predicted octanol–water partition coefficient (Wildman–Crippen LogP) is 7.46. The fourth-order valence-corrected chi connectivity index (χ4v) is 12.6. The SMILES string of the molecule is CC(C)(C)P(=S)(N[C@@H]1CCCC[C@H]1NP(=S)(C(C)(C)C)C(C)(C)C)C(C)(C)C. The average Bonchev–Trinajstić information content (AvgIpc) is 2.44. The van der Waals surface area contributed by atoms with Crippen molar-refractivity contribution in [1.82, 2.24) is 10.2 Å². The molecule has 1 saturated carbocycles. The molecule has 0 unspecified atom stereocenters. The number of nitrogens with one attached hydrogen (secondary N) is 2. The molecule has 0 aromatic rings. The topological polar surface area (TPSA) is 24.1 Å². The van der Waals surface area contributed by atoms with Gasteiger partial charge >= 0.3 is 0 Å². The summed E-state index contributed by atoms with van der Waals surface area (Å²) in [6.07, 6.45) is 1.33. The quantitative estimate of drug-likeness (QED) is 0.420. The molecule has 0 heterocycles. The maximum Gasteiger partial charge on any atom is 0.0267 e. The van der Waals surface area contributed by atoms with Crippen LogP contribution in [0.4, 0.5) is 0 Å². The molecule has 2 nitrogen and oxygen atoms in total. The Bertz CT molecular complexity index is 539. The molecule has 0 aliphatic heterocycles. The van der Waals surface area contributed by atoms with E-state index in [1.165, 1.54) is 25.7 Å². The van der Waals surface area contributed by atoms with Crippen LogP contribution >= 0.6 is 12.4 Å². The van der Waals surface area contributed by atoms with Crippen LogP contribution in [0, 0.1) is 0 Å². The van der Waals surface area contributed by atoms with E-state index >= 15 is 0 Å². The highest BCUT2D eigenvalue weighted by molar-refractivity contribution is 8.15. The van der Waals surface area contributed by atoms with Gasteiger partial charge in [-0.1, -0.05) is 120 Å². The summed E-state index contributed by atoms with van der Waals surface area (Å²) in [5.41, 5.74) is 0. The summed E-state index contributed by atoms with van der Waals surface area (Å²) in [7, 11) is 0. The molecule has 6 heteroatoms. The van der Waals surface area contributed by atoms with Crippen LogP contribution in [0.5, 0.6) is 0 Å². The van der Waals surface area contributed by atoms with Gasteiger partial charge in [-0.05, 0) is 12.8 Å². The Morgan fingerprint density at radius 2 is 0.750 bits per heavy atom. The van der Waals surface area contributed by atoms with Gasteiger partial charge in [0.25, 0.3) is 0 Å². The smallest absolute Gasteiger partial charge is 0.0267 e. The van der Waals surface area contributed by atoms with Crippen LogP contribution in [0.15, 0.2) is 0 Å². The second-order valence-electron chi connectivity index (χ2n) is 12.7. The van der Waals surface area contributed by atoms with Crippen molar-refractivity contribution in [3.63, 3.8) is 0 Å². The second kappa shape index (κ2) is 8.63.